The monoisotopic (exact) mass is 906 g/mol. The molecule has 2 heterocycles. The molecule has 0 atom stereocenters. The van der Waals surface area contributed by atoms with Gasteiger partial charge < -0.3 is 15.4 Å². The summed E-state index contributed by atoms with van der Waals surface area (Å²) in [6.07, 6.45) is 2.00. The second-order valence-corrected chi connectivity index (χ2v) is 16.9. The first kappa shape index (κ1) is 31.5. The average molecular weight is 907 g/mol. The van der Waals surface area contributed by atoms with Gasteiger partial charge in [-0.05, 0) is 98.6 Å². The van der Waals surface area contributed by atoms with Crippen LogP contribution in [-0.4, -0.2) is 9.55 Å². The number of anilines is 4. The summed E-state index contributed by atoms with van der Waals surface area (Å²) in [5.74, 6) is 1.88. The number of nitrogens with zero attached hydrogens (tertiary/aromatic N) is 2. The number of pyridine rings is 1. The highest BCUT2D eigenvalue weighted by molar-refractivity contribution is 6.10. The van der Waals surface area contributed by atoms with Gasteiger partial charge in [0.25, 0.3) is 0 Å². The van der Waals surface area contributed by atoms with Crippen LogP contribution in [0.3, 0.4) is 0 Å². The number of para-hydroxylation sites is 4. The molecule has 1 aliphatic carbocycles. The molecule has 0 spiro atoms. The van der Waals surface area contributed by atoms with Crippen LogP contribution in [0.5, 0.6) is 11.5 Å². The van der Waals surface area contributed by atoms with Crippen LogP contribution in [0, 0.1) is 0 Å². The van der Waals surface area contributed by atoms with Gasteiger partial charge in [-0.1, -0.05) is 188 Å². The predicted octanol–water partition coefficient (Wildman–Crippen LogP) is 17.8. The van der Waals surface area contributed by atoms with Crippen molar-refractivity contribution >= 4 is 44.6 Å². The molecule has 0 aliphatic heterocycles. The number of rotatable bonds is 9. The topological polar surface area (TPSA) is 51.1 Å². The molecule has 5 nitrogen and oxygen atoms in total. The van der Waals surface area contributed by atoms with Crippen LogP contribution in [0.15, 0.2) is 255 Å². The van der Waals surface area contributed by atoms with Crippen molar-refractivity contribution in [3.63, 3.8) is 0 Å². The molecule has 0 saturated carbocycles. The lowest BCUT2D eigenvalue weighted by Crippen LogP contribution is -2.02. The maximum Gasteiger partial charge on any atom is 0.138 e. The van der Waals surface area contributed by atoms with E-state index in [1.165, 1.54) is 11.1 Å². The number of ether oxygens (including phenoxy) is 1. The number of fused-ring (bicyclic) bond motifs is 11. The first-order valence-electron chi connectivity index (χ1n) is 27.9. The van der Waals surface area contributed by atoms with Crippen LogP contribution in [0.2, 0.25) is 0 Å². The van der Waals surface area contributed by atoms with Crippen molar-refractivity contribution in [2.45, 2.75) is 0 Å². The zero-order valence-corrected chi connectivity index (χ0v) is 37.3. The number of hydrogen-bond acceptors (Lipinski definition) is 4. The Balaban J connectivity index is 0.873. The van der Waals surface area contributed by atoms with Gasteiger partial charge in [0.05, 0.1) is 41.8 Å². The minimum absolute atomic E-state index is 0.130. The highest BCUT2D eigenvalue weighted by Crippen LogP contribution is 2.48. The van der Waals surface area contributed by atoms with Crippen LogP contribution >= 0.6 is 0 Å². The van der Waals surface area contributed by atoms with Gasteiger partial charge in [-0.15, -0.1) is 0 Å². The van der Waals surface area contributed by atoms with Crippen molar-refractivity contribution in [1.82, 2.24) is 9.55 Å². The molecule has 10 aromatic carbocycles. The van der Waals surface area contributed by atoms with Crippen molar-refractivity contribution in [2.75, 3.05) is 10.6 Å². The van der Waals surface area contributed by atoms with Gasteiger partial charge in [0.2, 0.25) is 0 Å². The summed E-state index contributed by atoms with van der Waals surface area (Å²) in [4.78, 5) is 5.24. The second kappa shape index (κ2) is 17.3. The van der Waals surface area contributed by atoms with E-state index in [0.29, 0.717) is 28.6 Å². The number of benzene rings is 10. The van der Waals surface area contributed by atoms with Crippen molar-refractivity contribution in [1.29, 1.82) is 0 Å². The summed E-state index contributed by atoms with van der Waals surface area (Å²) < 4.78 is 95.2. The molecule has 330 valence electrons. The van der Waals surface area contributed by atoms with E-state index < -0.39 is 60.4 Å². The lowest BCUT2D eigenvalue weighted by atomic mass is 9.81. The van der Waals surface area contributed by atoms with E-state index in [-0.39, 0.29) is 27.9 Å². The van der Waals surface area contributed by atoms with Gasteiger partial charge in [0.15, 0.2) is 0 Å². The van der Waals surface area contributed by atoms with E-state index in [1.54, 1.807) is 30.3 Å². The standard InChI is InChI=1S/C65H44N4O/c1-3-19-43(20-4-1)48-32-18-33-49(44-21-5-2-6-22-44)65(48)68-61-35-15-14-34-60(61)67-45-23-17-24-46(39-45)70-47-37-38-57-56-31-13-16-36-62(56)69(63(57)40-47)64-41-58-54-29-11-9-27-52(54)50-25-7-8-26-51(50)53-28-10-12-30-55(53)59(58)42-66-64/h1-42,67-68H/i1D,2D,3D,4D,5D,6D,19D,20D,21D,22D. The summed E-state index contributed by atoms with van der Waals surface area (Å²) >= 11 is 0. The van der Waals surface area contributed by atoms with Crippen molar-refractivity contribution in [3.8, 4) is 84.1 Å². The molecule has 13 rings (SSSR count). The number of nitrogens with one attached hydrogen (secondary N) is 2. The molecule has 5 heteroatoms. The molecule has 2 aromatic heterocycles. The zero-order chi connectivity index (χ0) is 55.1. The Bertz CT molecular complexity index is 4410. The molecule has 0 fully saturated rings. The smallest absolute Gasteiger partial charge is 0.138 e. The SMILES string of the molecule is [2H]c1c([2H])c([2H])c(-c2cccc(-c3c([2H])c([2H])c([2H])c([2H])c3[2H])c2Nc2ccccc2Nc2cccc(Oc3ccc4c5ccccc5n(-c5cc6c(cn5)-c5ccccc5-c5ccccc5-c5ccccc5-6)c4c3)c2)c([2H])c1[2H]. The molecule has 0 unspecified atom stereocenters. The summed E-state index contributed by atoms with van der Waals surface area (Å²) in [7, 11) is 0. The fraction of sp³-hybridized carbons (Fsp3) is 0. The van der Waals surface area contributed by atoms with Crippen molar-refractivity contribution in [2.24, 2.45) is 0 Å². The van der Waals surface area contributed by atoms with Crippen LogP contribution in [0.25, 0.3) is 94.4 Å². The fourth-order valence-electron chi connectivity index (χ4n) is 9.76. The van der Waals surface area contributed by atoms with E-state index in [1.807, 2.05) is 66.9 Å². The van der Waals surface area contributed by atoms with Gasteiger partial charge in [-0.3, -0.25) is 4.57 Å². The van der Waals surface area contributed by atoms with Gasteiger partial charge in [0, 0.05) is 51.5 Å². The molecule has 2 N–H and O–H groups in total. The Kier molecular flexibility index (Phi) is 7.80. The zero-order valence-electron chi connectivity index (χ0n) is 47.3. The Morgan fingerprint density at radius 1 is 0.386 bits per heavy atom. The van der Waals surface area contributed by atoms with Crippen LogP contribution in [-0.2, 0) is 0 Å². The summed E-state index contributed by atoms with van der Waals surface area (Å²) in [5.41, 5.74) is 12.7. The maximum absolute atomic E-state index is 8.93. The summed E-state index contributed by atoms with van der Waals surface area (Å²) in [5, 5.41) is 9.00. The molecule has 0 saturated heterocycles. The lowest BCUT2D eigenvalue weighted by molar-refractivity contribution is 0.483. The Hall–Kier alpha value is -9.45. The van der Waals surface area contributed by atoms with Gasteiger partial charge in [-0.2, -0.15) is 0 Å². The lowest BCUT2D eigenvalue weighted by Gasteiger charge is -2.23. The van der Waals surface area contributed by atoms with E-state index in [0.717, 1.165) is 61.0 Å². The third-order valence-electron chi connectivity index (χ3n) is 12.8. The van der Waals surface area contributed by atoms with Gasteiger partial charge in [0.1, 0.15) is 17.3 Å². The van der Waals surface area contributed by atoms with E-state index in [2.05, 4.69) is 112 Å². The Morgan fingerprint density at radius 2 is 0.886 bits per heavy atom. The third kappa shape index (κ3) is 7.25. The summed E-state index contributed by atoms with van der Waals surface area (Å²) in [6.45, 7) is 0. The quantitative estimate of drug-likeness (QED) is 0.152. The molecule has 0 amide bonds. The normalized spacial score (nSPS) is 13.4. The van der Waals surface area contributed by atoms with Gasteiger partial charge >= 0.3 is 0 Å². The largest absolute Gasteiger partial charge is 0.457 e. The van der Waals surface area contributed by atoms with E-state index in [4.69, 9.17) is 23.4 Å². The molecular weight excluding hydrogens is 853 g/mol. The number of aromatic nitrogens is 2. The van der Waals surface area contributed by atoms with Crippen molar-refractivity contribution in [3.05, 3.63) is 255 Å². The van der Waals surface area contributed by atoms with Crippen molar-refractivity contribution < 1.29 is 18.4 Å². The van der Waals surface area contributed by atoms with Gasteiger partial charge in [-0.25, -0.2) is 4.98 Å². The highest BCUT2D eigenvalue weighted by atomic mass is 16.5. The average Bonchev–Trinajstić information content (AvgIpc) is 3.90. The van der Waals surface area contributed by atoms with Crippen LogP contribution in [0.4, 0.5) is 22.7 Å². The molecule has 12 aromatic rings. The third-order valence-corrected chi connectivity index (χ3v) is 12.8. The minimum atomic E-state index is -0.566. The van der Waals surface area contributed by atoms with Crippen LogP contribution in [0.1, 0.15) is 13.7 Å². The highest BCUT2D eigenvalue weighted by Gasteiger charge is 2.24. The Labute approximate surface area is 420 Å². The Morgan fingerprint density at radius 3 is 1.53 bits per heavy atom. The molecular formula is C65H44N4O. The summed E-state index contributed by atoms with van der Waals surface area (Å²) in [6, 6.07) is 56.5. The maximum atomic E-state index is 8.93. The van der Waals surface area contributed by atoms with E-state index in [9.17, 15) is 0 Å². The molecule has 0 bridgehead atoms. The first-order valence-corrected chi connectivity index (χ1v) is 22.9. The molecule has 1 aliphatic rings. The predicted molar refractivity (Wildman–Crippen MR) is 291 cm³/mol. The first-order chi connectivity index (χ1) is 38.9. The number of hydrogen-bond donors (Lipinski definition) is 2. The second-order valence-electron chi connectivity index (χ2n) is 16.9. The minimum Gasteiger partial charge on any atom is -0.457 e. The molecule has 0 radical (unpaired) electrons. The fourth-order valence-corrected chi connectivity index (χ4v) is 9.76. The van der Waals surface area contributed by atoms with E-state index >= 15 is 0 Å². The van der Waals surface area contributed by atoms with Crippen LogP contribution < -0.4 is 15.4 Å². The molecule has 70 heavy (non-hydrogen) atoms.